The number of hydroxylamine groups is 1. The SMILES string of the molecule is COCCONCc1ccc(-c2ccccc2)cc1. The summed E-state index contributed by atoms with van der Waals surface area (Å²) < 4.78 is 4.89. The fraction of sp³-hybridized carbons (Fsp3) is 0.250. The third-order valence-corrected chi connectivity index (χ3v) is 2.83. The van der Waals surface area contributed by atoms with E-state index in [9.17, 15) is 0 Å². The van der Waals surface area contributed by atoms with Crippen molar-refractivity contribution in [2.45, 2.75) is 6.54 Å². The van der Waals surface area contributed by atoms with E-state index in [0.29, 0.717) is 19.8 Å². The minimum atomic E-state index is 0.554. The van der Waals surface area contributed by atoms with Crippen LogP contribution in [-0.2, 0) is 16.1 Å². The predicted molar refractivity (Wildman–Crippen MR) is 76.5 cm³/mol. The summed E-state index contributed by atoms with van der Waals surface area (Å²) in [7, 11) is 1.66. The van der Waals surface area contributed by atoms with E-state index in [4.69, 9.17) is 9.57 Å². The lowest BCUT2D eigenvalue weighted by Gasteiger charge is -2.07. The molecule has 0 atom stereocenters. The van der Waals surface area contributed by atoms with Crippen LogP contribution >= 0.6 is 0 Å². The molecule has 0 aliphatic rings. The summed E-state index contributed by atoms with van der Waals surface area (Å²) in [6, 6.07) is 18.8. The number of hydrogen-bond acceptors (Lipinski definition) is 3. The van der Waals surface area contributed by atoms with Gasteiger partial charge in [-0.05, 0) is 16.7 Å². The Morgan fingerprint density at radius 2 is 1.53 bits per heavy atom. The maximum Gasteiger partial charge on any atom is 0.0916 e. The maximum absolute atomic E-state index is 5.22. The van der Waals surface area contributed by atoms with Crippen LogP contribution in [0.2, 0.25) is 0 Å². The molecule has 1 N–H and O–H groups in total. The fourth-order valence-corrected chi connectivity index (χ4v) is 1.78. The number of hydrogen-bond donors (Lipinski definition) is 1. The molecule has 2 rings (SSSR count). The first kappa shape index (κ1) is 13.7. The van der Waals surface area contributed by atoms with Gasteiger partial charge in [0.25, 0.3) is 0 Å². The summed E-state index contributed by atoms with van der Waals surface area (Å²) in [5.74, 6) is 0. The van der Waals surface area contributed by atoms with Gasteiger partial charge in [0.15, 0.2) is 0 Å². The van der Waals surface area contributed by atoms with Crippen LogP contribution in [0.5, 0.6) is 0 Å². The molecule has 0 radical (unpaired) electrons. The number of nitrogens with one attached hydrogen (secondary N) is 1. The number of methoxy groups -OCH3 is 1. The summed E-state index contributed by atoms with van der Waals surface area (Å²) >= 11 is 0. The van der Waals surface area contributed by atoms with Gasteiger partial charge in [-0.15, -0.1) is 0 Å². The van der Waals surface area contributed by atoms with Gasteiger partial charge >= 0.3 is 0 Å². The number of ether oxygens (including phenoxy) is 1. The Kier molecular flexibility index (Phi) is 5.56. The Hall–Kier alpha value is -1.68. The molecule has 0 fully saturated rings. The van der Waals surface area contributed by atoms with Crippen molar-refractivity contribution in [3.8, 4) is 11.1 Å². The van der Waals surface area contributed by atoms with Crippen molar-refractivity contribution in [1.29, 1.82) is 0 Å². The van der Waals surface area contributed by atoms with Crippen molar-refractivity contribution in [2.24, 2.45) is 0 Å². The standard InChI is InChI=1S/C16H19NO2/c1-18-11-12-19-17-13-14-7-9-16(10-8-14)15-5-3-2-4-6-15/h2-10,17H,11-13H2,1H3. The van der Waals surface area contributed by atoms with Gasteiger partial charge in [0.05, 0.1) is 13.2 Å². The van der Waals surface area contributed by atoms with E-state index in [1.54, 1.807) is 7.11 Å². The zero-order valence-corrected chi connectivity index (χ0v) is 11.1. The molecule has 100 valence electrons. The van der Waals surface area contributed by atoms with Crippen molar-refractivity contribution in [1.82, 2.24) is 5.48 Å². The highest BCUT2D eigenvalue weighted by atomic mass is 16.7. The van der Waals surface area contributed by atoms with Gasteiger partial charge in [-0.3, -0.25) is 4.84 Å². The van der Waals surface area contributed by atoms with Crippen molar-refractivity contribution in [3.63, 3.8) is 0 Å². The minimum absolute atomic E-state index is 0.554. The van der Waals surface area contributed by atoms with Crippen LogP contribution in [0.25, 0.3) is 11.1 Å². The molecule has 0 amide bonds. The van der Waals surface area contributed by atoms with Crippen LogP contribution in [0.1, 0.15) is 5.56 Å². The average Bonchev–Trinajstić information content (AvgIpc) is 2.49. The second-order valence-electron chi connectivity index (χ2n) is 4.23. The van der Waals surface area contributed by atoms with Crippen LogP contribution in [0.15, 0.2) is 54.6 Å². The highest BCUT2D eigenvalue weighted by Gasteiger charge is 1.97. The van der Waals surface area contributed by atoms with Crippen LogP contribution < -0.4 is 5.48 Å². The molecular weight excluding hydrogens is 238 g/mol. The van der Waals surface area contributed by atoms with E-state index < -0.39 is 0 Å². The topological polar surface area (TPSA) is 30.5 Å². The molecule has 0 heterocycles. The maximum atomic E-state index is 5.22. The zero-order chi connectivity index (χ0) is 13.3. The molecule has 0 spiro atoms. The smallest absolute Gasteiger partial charge is 0.0916 e. The minimum Gasteiger partial charge on any atom is -0.382 e. The number of benzene rings is 2. The average molecular weight is 257 g/mol. The first-order valence-electron chi connectivity index (χ1n) is 6.38. The molecule has 3 nitrogen and oxygen atoms in total. The van der Waals surface area contributed by atoms with E-state index in [2.05, 4.69) is 54.0 Å². The third-order valence-electron chi connectivity index (χ3n) is 2.83. The van der Waals surface area contributed by atoms with Crippen LogP contribution in [0.3, 0.4) is 0 Å². The van der Waals surface area contributed by atoms with E-state index in [0.717, 1.165) is 0 Å². The molecule has 0 aliphatic heterocycles. The Morgan fingerprint density at radius 3 is 2.21 bits per heavy atom. The quantitative estimate of drug-likeness (QED) is 0.611. The third kappa shape index (κ3) is 4.48. The summed E-state index contributed by atoms with van der Waals surface area (Å²) in [5, 5.41) is 0. The van der Waals surface area contributed by atoms with Gasteiger partial charge in [0.2, 0.25) is 0 Å². The summed E-state index contributed by atoms with van der Waals surface area (Å²) in [6.07, 6.45) is 0. The highest BCUT2D eigenvalue weighted by Crippen LogP contribution is 2.19. The lowest BCUT2D eigenvalue weighted by molar-refractivity contribution is 0.00347. The van der Waals surface area contributed by atoms with Crippen LogP contribution in [-0.4, -0.2) is 20.3 Å². The first-order valence-corrected chi connectivity index (χ1v) is 6.38. The van der Waals surface area contributed by atoms with Gasteiger partial charge in [0, 0.05) is 13.7 Å². The highest BCUT2D eigenvalue weighted by molar-refractivity contribution is 5.63. The molecule has 0 saturated heterocycles. The number of rotatable bonds is 7. The van der Waals surface area contributed by atoms with Crippen molar-refractivity contribution >= 4 is 0 Å². The molecule has 19 heavy (non-hydrogen) atoms. The molecule has 0 saturated carbocycles. The molecule has 2 aromatic rings. The predicted octanol–water partition coefficient (Wildman–Crippen LogP) is 3.02. The Bertz CT molecular complexity index is 468. The van der Waals surface area contributed by atoms with E-state index in [-0.39, 0.29) is 0 Å². The lowest BCUT2D eigenvalue weighted by atomic mass is 10.0. The fourth-order valence-electron chi connectivity index (χ4n) is 1.78. The second kappa shape index (κ2) is 7.69. The molecule has 0 unspecified atom stereocenters. The Balaban J connectivity index is 1.85. The Labute approximate surface area is 114 Å². The second-order valence-corrected chi connectivity index (χ2v) is 4.23. The van der Waals surface area contributed by atoms with Crippen LogP contribution in [0.4, 0.5) is 0 Å². The zero-order valence-electron chi connectivity index (χ0n) is 11.1. The van der Waals surface area contributed by atoms with Crippen molar-refractivity contribution in [3.05, 3.63) is 60.2 Å². The molecule has 0 bridgehead atoms. The molecule has 2 aromatic carbocycles. The summed E-state index contributed by atoms with van der Waals surface area (Å²) in [4.78, 5) is 5.22. The van der Waals surface area contributed by atoms with Gasteiger partial charge < -0.3 is 4.74 Å². The van der Waals surface area contributed by atoms with Gasteiger partial charge in [-0.1, -0.05) is 54.6 Å². The van der Waals surface area contributed by atoms with Gasteiger partial charge in [-0.25, -0.2) is 0 Å². The van der Waals surface area contributed by atoms with Crippen molar-refractivity contribution < 1.29 is 9.57 Å². The molecule has 3 heteroatoms. The summed E-state index contributed by atoms with van der Waals surface area (Å²) in [6.45, 7) is 1.84. The van der Waals surface area contributed by atoms with E-state index in [1.165, 1.54) is 16.7 Å². The molecule has 0 aromatic heterocycles. The first-order chi connectivity index (χ1) is 9.40. The lowest BCUT2D eigenvalue weighted by Crippen LogP contribution is -2.17. The van der Waals surface area contributed by atoms with Crippen molar-refractivity contribution in [2.75, 3.05) is 20.3 Å². The Morgan fingerprint density at radius 1 is 0.842 bits per heavy atom. The largest absolute Gasteiger partial charge is 0.382 e. The van der Waals surface area contributed by atoms with Gasteiger partial charge in [-0.2, -0.15) is 5.48 Å². The summed E-state index contributed by atoms with van der Waals surface area (Å²) in [5.41, 5.74) is 6.57. The monoisotopic (exact) mass is 257 g/mol. The van der Waals surface area contributed by atoms with E-state index in [1.807, 2.05) is 6.07 Å². The van der Waals surface area contributed by atoms with E-state index >= 15 is 0 Å². The van der Waals surface area contributed by atoms with Gasteiger partial charge in [0.1, 0.15) is 0 Å². The molecular formula is C16H19NO2. The van der Waals surface area contributed by atoms with Crippen LogP contribution in [0, 0.1) is 0 Å². The molecule has 0 aliphatic carbocycles. The normalized spacial score (nSPS) is 10.6.